The highest BCUT2D eigenvalue weighted by Crippen LogP contribution is 2.40. The Morgan fingerprint density at radius 3 is 2.20 bits per heavy atom. The Kier molecular flexibility index (Phi) is 2.37. The fraction of sp³-hybridized carbons (Fsp3) is 0.462. The third kappa shape index (κ3) is 1.81. The van der Waals surface area contributed by atoms with E-state index in [9.17, 15) is 9.18 Å². The van der Waals surface area contributed by atoms with Gasteiger partial charge in [-0.1, -0.05) is 6.92 Å². The molecule has 2 heteroatoms. The van der Waals surface area contributed by atoms with Crippen molar-refractivity contribution < 1.29 is 9.18 Å². The highest BCUT2D eigenvalue weighted by atomic mass is 19.1. The van der Waals surface area contributed by atoms with Crippen LogP contribution in [0, 0.1) is 31.5 Å². The Labute approximate surface area is 89.3 Å². The molecule has 2 rings (SSSR count). The standard InChI is InChI=1S/C13H15FO/c1-7-6-11(7)13(15)10-4-8(2)12(14)9(3)5-10/h4-5,7,11H,6H2,1-3H3. The second kappa shape index (κ2) is 3.44. The number of carbonyl (C=O) groups excluding carboxylic acids is 1. The molecule has 0 aliphatic heterocycles. The quantitative estimate of drug-likeness (QED) is 0.679. The van der Waals surface area contributed by atoms with Gasteiger partial charge in [-0.3, -0.25) is 4.79 Å². The summed E-state index contributed by atoms with van der Waals surface area (Å²) < 4.78 is 13.4. The second-order valence-corrected chi connectivity index (χ2v) is 4.61. The van der Waals surface area contributed by atoms with Gasteiger partial charge in [-0.05, 0) is 49.4 Å². The monoisotopic (exact) mass is 206 g/mol. The summed E-state index contributed by atoms with van der Waals surface area (Å²) in [5.41, 5.74) is 1.79. The van der Waals surface area contributed by atoms with Crippen molar-refractivity contribution in [1.29, 1.82) is 0 Å². The number of benzene rings is 1. The van der Waals surface area contributed by atoms with Gasteiger partial charge in [-0.2, -0.15) is 0 Å². The van der Waals surface area contributed by atoms with Crippen LogP contribution in [0.4, 0.5) is 4.39 Å². The van der Waals surface area contributed by atoms with Gasteiger partial charge in [0.25, 0.3) is 0 Å². The van der Waals surface area contributed by atoms with Crippen LogP contribution in [0.25, 0.3) is 0 Å². The van der Waals surface area contributed by atoms with E-state index in [2.05, 4.69) is 6.92 Å². The first-order valence-corrected chi connectivity index (χ1v) is 5.31. The zero-order valence-electron chi connectivity index (χ0n) is 9.30. The number of aryl methyl sites for hydroxylation is 2. The Balaban J connectivity index is 2.33. The average Bonchev–Trinajstić information content (AvgIpc) is 2.90. The van der Waals surface area contributed by atoms with E-state index in [1.807, 2.05) is 0 Å². The largest absolute Gasteiger partial charge is 0.294 e. The summed E-state index contributed by atoms with van der Waals surface area (Å²) in [5, 5.41) is 0. The molecule has 1 aliphatic carbocycles. The van der Waals surface area contributed by atoms with Crippen LogP contribution in [0.3, 0.4) is 0 Å². The summed E-state index contributed by atoms with van der Waals surface area (Å²) in [6.07, 6.45) is 0.980. The average molecular weight is 206 g/mol. The normalized spacial score (nSPS) is 24.0. The number of halogens is 1. The predicted molar refractivity (Wildman–Crippen MR) is 57.5 cm³/mol. The molecule has 1 aromatic rings. The summed E-state index contributed by atoms with van der Waals surface area (Å²) in [6.45, 7) is 5.48. The van der Waals surface area contributed by atoms with Crippen molar-refractivity contribution in [3.05, 3.63) is 34.6 Å². The van der Waals surface area contributed by atoms with E-state index < -0.39 is 0 Å². The van der Waals surface area contributed by atoms with E-state index >= 15 is 0 Å². The molecule has 80 valence electrons. The molecule has 1 saturated carbocycles. The maximum atomic E-state index is 13.4. The molecule has 1 fully saturated rings. The van der Waals surface area contributed by atoms with Crippen LogP contribution in [0.5, 0.6) is 0 Å². The smallest absolute Gasteiger partial charge is 0.166 e. The summed E-state index contributed by atoms with van der Waals surface area (Å²) in [4.78, 5) is 11.9. The van der Waals surface area contributed by atoms with Gasteiger partial charge in [0, 0.05) is 11.5 Å². The molecule has 0 saturated heterocycles. The second-order valence-electron chi connectivity index (χ2n) is 4.61. The van der Waals surface area contributed by atoms with Crippen molar-refractivity contribution in [2.75, 3.05) is 0 Å². The number of ketones is 1. The maximum absolute atomic E-state index is 13.4. The van der Waals surface area contributed by atoms with Gasteiger partial charge in [0.2, 0.25) is 0 Å². The summed E-state index contributed by atoms with van der Waals surface area (Å²) in [5.74, 6) is 0.654. The van der Waals surface area contributed by atoms with Gasteiger partial charge in [0.05, 0.1) is 0 Å². The molecule has 1 aromatic carbocycles. The number of hydrogen-bond donors (Lipinski definition) is 0. The molecule has 0 aromatic heterocycles. The lowest BCUT2D eigenvalue weighted by Gasteiger charge is -2.05. The molecule has 1 nitrogen and oxygen atoms in total. The zero-order valence-corrected chi connectivity index (χ0v) is 9.30. The minimum Gasteiger partial charge on any atom is -0.294 e. The van der Waals surface area contributed by atoms with Gasteiger partial charge in [0.15, 0.2) is 5.78 Å². The van der Waals surface area contributed by atoms with E-state index in [4.69, 9.17) is 0 Å². The third-order valence-electron chi connectivity index (χ3n) is 3.17. The molecular weight excluding hydrogens is 191 g/mol. The number of Topliss-reactive ketones (excluding diaryl/α,β-unsaturated/α-hetero) is 1. The Morgan fingerprint density at radius 1 is 1.33 bits per heavy atom. The molecule has 0 spiro atoms. The van der Waals surface area contributed by atoms with E-state index in [1.54, 1.807) is 26.0 Å². The topological polar surface area (TPSA) is 17.1 Å². The lowest BCUT2D eigenvalue weighted by atomic mass is 10.0. The molecule has 2 atom stereocenters. The molecule has 0 amide bonds. The summed E-state index contributed by atoms with van der Waals surface area (Å²) in [7, 11) is 0. The van der Waals surface area contributed by atoms with Crippen LogP contribution in [0.15, 0.2) is 12.1 Å². The van der Waals surface area contributed by atoms with Crippen LogP contribution in [-0.2, 0) is 0 Å². The lowest BCUT2D eigenvalue weighted by molar-refractivity contribution is 0.0962. The SMILES string of the molecule is Cc1cc(C(=O)C2CC2C)cc(C)c1F. The van der Waals surface area contributed by atoms with Gasteiger partial charge >= 0.3 is 0 Å². The Morgan fingerprint density at radius 2 is 1.80 bits per heavy atom. The van der Waals surface area contributed by atoms with E-state index in [-0.39, 0.29) is 17.5 Å². The highest BCUT2D eigenvalue weighted by molar-refractivity contribution is 5.99. The molecule has 0 heterocycles. The minimum atomic E-state index is -0.199. The molecule has 0 N–H and O–H groups in total. The van der Waals surface area contributed by atoms with Crippen LogP contribution in [0.2, 0.25) is 0 Å². The van der Waals surface area contributed by atoms with Crippen LogP contribution >= 0.6 is 0 Å². The number of hydrogen-bond acceptors (Lipinski definition) is 1. The van der Waals surface area contributed by atoms with Gasteiger partial charge in [-0.15, -0.1) is 0 Å². The fourth-order valence-corrected chi connectivity index (χ4v) is 1.99. The van der Waals surface area contributed by atoms with Crippen LogP contribution < -0.4 is 0 Å². The minimum absolute atomic E-state index is 0.175. The van der Waals surface area contributed by atoms with E-state index in [0.29, 0.717) is 22.6 Å². The van der Waals surface area contributed by atoms with Gasteiger partial charge in [0.1, 0.15) is 5.82 Å². The highest BCUT2D eigenvalue weighted by Gasteiger charge is 2.39. The van der Waals surface area contributed by atoms with Crippen molar-refractivity contribution >= 4 is 5.78 Å². The van der Waals surface area contributed by atoms with Crippen LogP contribution in [-0.4, -0.2) is 5.78 Å². The van der Waals surface area contributed by atoms with Crippen LogP contribution in [0.1, 0.15) is 34.8 Å². The molecule has 15 heavy (non-hydrogen) atoms. The lowest BCUT2D eigenvalue weighted by Crippen LogP contribution is -2.05. The first-order chi connectivity index (χ1) is 7.00. The summed E-state index contributed by atoms with van der Waals surface area (Å²) in [6, 6.07) is 3.32. The van der Waals surface area contributed by atoms with Crippen molar-refractivity contribution in [1.82, 2.24) is 0 Å². The van der Waals surface area contributed by atoms with Crippen molar-refractivity contribution in [3.8, 4) is 0 Å². The van der Waals surface area contributed by atoms with E-state index in [0.717, 1.165) is 6.42 Å². The fourth-order valence-electron chi connectivity index (χ4n) is 1.99. The third-order valence-corrected chi connectivity index (χ3v) is 3.17. The maximum Gasteiger partial charge on any atom is 0.166 e. The molecule has 2 unspecified atom stereocenters. The molecule has 1 aliphatic rings. The number of carbonyl (C=O) groups is 1. The van der Waals surface area contributed by atoms with Gasteiger partial charge in [-0.25, -0.2) is 4.39 Å². The number of rotatable bonds is 2. The van der Waals surface area contributed by atoms with E-state index in [1.165, 1.54) is 0 Å². The molecular formula is C13H15FO. The summed E-state index contributed by atoms with van der Waals surface area (Å²) >= 11 is 0. The van der Waals surface area contributed by atoms with Crippen molar-refractivity contribution in [2.45, 2.75) is 27.2 Å². The Hall–Kier alpha value is -1.18. The van der Waals surface area contributed by atoms with Crippen molar-refractivity contribution in [2.24, 2.45) is 11.8 Å². The molecule has 0 radical (unpaired) electrons. The molecule has 0 bridgehead atoms. The Bertz CT molecular complexity index is 400. The first-order valence-electron chi connectivity index (χ1n) is 5.31. The predicted octanol–water partition coefficient (Wildman–Crippen LogP) is 3.28. The first kappa shape index (κ1) is 10.3. The zero-order chi connectivity index (χ0) is 11.2. The van der Waals surface area contributed by atoms with Gasteiger partial charge < -0.3 is 0 Å². The van der Waals surface area contributed by atoms with Crippen molar-refractivity contribution in [3.63, 3.8) is 0 Å².